The van der Waals surface area contributed by atoms with Crippen LogP contribution < -0.4 is 15.2 Å². The van der Waals surface area contributed by atoms with Gasteiger partial charge in [0.1, 0.15) is 18.2 Å². The van der Waals surface area contributed by atoms with E-state index in [1.807, 2.05) is 37.3 Å². The van der Waals surface area contributed by atoms with E-state index in [2.05, 4.69) is 5.32 Å². The molecule has 0 saturated carbocycles. The van der Waals surface area contributed by atoms with Crippen LogP contribution in [0.5, 0.6) is 5.75 Å². The summed E-state index contributed by atoms with van der Waals surface area (Å²) in [4.78, 5) is 13.5. The Morgan fingerprint density at radius 2 is 1.74 bits per heavy atom. The molecule has 7 nitrogen and oxygen atoms in total. The molecule has 38 heavy (non-hydrogen) atoms. The van der Waals surface area contributed by atoms with Gasteiger partial charge in [-0.15, -0.1) is 0 Å². The molecule has 3 aromatic rings. The number of primary sulfonamides is 1. The van der Waals surface area contributed by atoms with Gasteiger partial charge in [0.2, 0.25) is 15.9 Å². The first-order valence-electron chi connectivity index (χ1n) is 11.7. The number of ether oxygens (including phenoxy) is 1. The van der Waals surface area contributed by atoms with Crippen LogP contribution in [0.3, 0.4) is 0 Å². The van der Waals surface area contributed by atoms with Crippen molar-refractivity contribution in [3.8, 4) is 5.75 Å². The summed E-state index contributed by atoms with van der Waals surface area (Å²) in [7, 11) is -4.85. The lowest BCUT2D eigenvalue weighted by Gasteiger charge is -2.10. The second-order valence-corrected chi connectivity index (χ2v) is 11.7. The average molecular weight is 555 g/mol. The number of allylic oxidation sites excluding steroid dienone is 2. The lowest BCUT2D eigenvalue weighted by molar-refractivity contribution is -0.120. The third-order valence-electron chi connectivity index (χ3n) is 6.16. The topological polar surface area (TPSA) is 116 Å². The summed E-state index contributed by atoms with van der Waals surface area (Å²) < 4.78 is 54.1. The van der Waals surface area contributed by atoms with Crippen molar-refractivity contribution in [1.29, 1.82) is 0 Å². The summed E-state index contributed by atoms with van der Waals surface area (Å²) in [6.07, 6.45) is 3.67. The first kappa shape index (κ1) is 27.4. The monoisotopic (exact) mass is 554 g/mol. The Hall–Kier alpha value is -3.60. The molecule has 0 aromatic heterocycles. The first-order chi connectivity index (χ1) is 18.0. The van der Waals surface area contributed by atoms with E-state index in [0.29, 0.717) is 11.3 Å². The number of halogens is 1. The van der Waals surface area contributed by atoms with Crippen molar-refractivity contribution in [3.63, 3.8) is 0 Å². The van der Waals surface area contributed by atoms with Gasteiger partial charge in [0.15, 0.2) is 0 Å². The molecule has 198 valence electrons. The molecule has 1 atom stereocenters. The standard InChI is InChI=1S/C28H27FN2O5S2/c1-18-25(15-19-3-8-22(9-4-19)37(2)33)24-12-5-20(29)16-27(24)26(18)17-28(32)31-13-14-36-21-6-10-23(11-7-21)38(30,34)35/h3-12,15-16H,13-14,17H2,1-2H3,(H,31,32)(H2,30,34,35)/b25-15+. The number of hydrogen-bond donors (Lipinski definition) is 2. The molecule has 0 spiro atoms. The highest BCUT2D eigenvalue weighted by molar-refractivity contribution is 7.89. The number of nitrogens with two attached hydrogens (primary N) is 1. The van der Waals surface area contributed by atoms with Crippen molar-refractivity contribution in [3.05, 3.63) is 94.8 Å². The predicted octanol–water partition coefficient (Wildman–Crippen LogP) is 4.12. The van der Waals surface area contributed by atoms with E-state index in [4.69, 9.17) is 9.88 Å². The minimum atomic E-state index is -3.78. The minimum absolute atomic E-state index is 0.0158. The van der Waals surface area contributed by atoms with Crippen molar-refractivity contribution in [2.75, 3.05) is 19.4 Å². The smallest absolute Gasteiger partial charge is 0.238 e. The second-order valence-electron chi connectivity index (χ2n) is 8.77. The summed E-state index contributed by atoms with van der Waals surface area (Å²) in [6.45, 7) is 2.31. The lowest BCUT2D eigenvalue weighted by atomic mass is 10.0. The number of nitrogens with one attached hydrogen (secondary N) is 1. The Bertz CT molecular complexity index is 1560. The normalized spacial score (nSPS) is 14.9. The average Bonchev–Trinajstić information content (AvgIpc) is 3.12. The molecule has 0 radical (unpaired) electrons. The highest BCUT2D eigenvalue weighted by atomic mass is 32.2. The van der Waals surface area contributed by atoms with Gasteiger partial charge in [-0.1, -0.05) is 18.2 Å². The highest BCUT2D eigenvalue weighted by Gasteiger charge is 2.25. The summed E-state index contributed by atoms with van der Waals surface area (Å²) in [6, 6.07) is 17.6. The molecular formula is C28H27FN2O5S2. The van der Waals surface area contributed by atoms with Crippen LogP contribution in [-0.4, -0.2) is 37.9 Å². The fourth-order valence-corrected chi connectivity index (χ4v) is 5.25. The third kappa shape index (κ3) is 6.45. The van der Waals surface area contributed by atoms with Crippen LogP contribution in [0.15, 0.2) is 82.1 Å². The first-order valence-corrected chi connectivity index (χ1v) is 14.8. The quantitative estimate of drug-likeness (QED) is 0.386. The van der Waals surface area contributed by atoms with E-state index in [-0.39, 0.29) is 36.2 Å². The van der Waals surface area contributed by atoms with E-state index in [1.165, 1.54) is 36.4 Å². The molecule has 0 heterocycles. The van der Waals surface area contributed by atoms with E-state index in [9.17, 15) is 21.8 Å². The molecule has 0 fully saturated rings. The number of sulfonamides is 1. The van der Waals surface area contributed by atoms with Gasteiger partial charge in [-0.3, -0.25) is 9.00 Å². The Labute approximate surface area is 223 Å². The van der Waals surface area contributed by atoms with Gasteiger partial charge in [-0.25, -0.2) is 17.9 Å². The van der Waals surface area contributed by atoms with Crippen molar-refractivity contribution in [1.82, 2.24) is 5.32 Å². The van der Waals surface area contributed by atoms with Crippen molar-refractivity contribution in [2.45, 2.75) is 23.1 Å². The molecule has 0 aliphatic heterocycles. The maximum absolute atomic E-state index is 14.1. The molecule has 1 amide bonds. The molecule has 1 aliphatic carbocycles. The molecule has 3 N–H and O–H groups in total. The summed E-state index contributed by atoms with van der Waals surface area (Å²) >= 11 is 0. The van der Waals surface area contributed by atoms with E-state index >= 15 is 0 Å². The van der Waals surface area contributed by atoms with Gasteiger partial charge in [0.05, 0.1) is 17.9 Å². The molecule has 1 aliphatic rings. The molecule has 0 bridgehead atoms. The fourth-order valence-electron chi connectivity index (χ4n) is 4.21. The van der Waals surface area contributed by atoms with Gasteiger partial charge in [0.25, 0.3) is 0 Å². The molecule has 10 heteroatoms. The molecule has 1 unspecified atom stereocenters. The van der Waals surface area contributed by atoms with Crippen LogP contribution in [0, 0.1) is 5.82 Å². The van der Waals surface area contributed by atoms with Gasteiger partial charge in [-0.05, 0) is 94.9 Å². The number of amides is 1. The number of carbonyl (C=O) groups excluding carboxylic acids is 1. The molecule has 0 saturated heterocycles. The Balaban J connectivity index is 1.43. The van der Waals surface area contributed by atoms with Gasteiger partial charge < -0.3 is 10.1 Å². The van der Waals surface area contributed by atoms with Crippen LogP contribution >= 0.6 is 0 Å². The maximum atomic E-state index is 14.1. The second kappa shape index (κ2) is 11.4. The van der Waals surface area contributed by atoms with Crippen LogP contribution in [0.25, 0.3) is 17.2 Å². The lowest BCUT2D eigenvalue weighted by Crippen LogP contribution is -2.28. The predicted molar refractivity (Wildman–Crippen MR) is 147 cm³/mol. The largest absolute Gasteiger partial charge is 0.492 e. The Morgan fingerprint density at radius 1 is 1.05 bits per heavy atom. The van der Waals surface area contributed by atoms with E-state index < -0.39 is 20.8 Å². The van der Waals surface area contributed by atoms with Crippen LogP contribution in [-0.2, 0) is 25.6 Å². The van der Waals surface area contributed by atoms with Gasteiger partial charge in [0, 0.05) is 22.0 Å². The van der Waals surface area contributed by atoms with Crippen molar-refractivity contribution >= 4 is 44.0 Å². The fraction of sp³-hybridized carbons (Fsp3) is 0.179. The number of benzene rings is 3. The SMILES string of the molecule is CC1=C(CC(=O)NCCOc2ccc(S(N)(=O)=O)cc2)c2cc(F)ccc2/C1=C/c1ccc(S(C)=O)cc1. The minimum Gasteiger partial charge on any atom is -0.492 e. The van der Waals surface area contributed by atoms with Gasteiger partial charge >= 0.3 is 0 Å². The number of fused-ring (bicyclic) bond motifs is 1. The van der Waals surface area contributed by atoms with Crippen LogP contribution in [0.2, 0.25) is 0 Å². The van der Waals surface area contributed by atoms with Crippen LogP contribution in [0.4, 0.5) is 4.39 Å². The zero-order valence-electron chi connectivity index (χ0n) is 20.9. The van der Waals surface area contributed by atoms with E-state index in [1.54, 1.807) is 12.3 Å². The Kier molecular flexibility index (Phi) is 8.25. The third-order valence-corrected chi connectivity index (χ3v) is 8.02. The summed E-state index contributed by atoms with van der Waals surface area (Å²) in [5.74, 6) is -0.176. The summed E-state index contributed by atoms with van der Waals surface area (Å²) in [5.41, 5.74) is 4.97. The number of carbonyl (C=O) groups is 1. The van der Waals surface area contributed by atoms with Crippen LogP contribution in [0.1, 0.15) is 30.0 Å². The highest BCUT2D eigenvalue weighted by Crippen LogP contribution is 2.43. The molecule has 4 rings (SSSR count). The summed E-state index contributed by atoms with van der Waals surface area (Å²) in [5, 5.41) is 7.89. The number of hydrogen-bond acceptors (Lipinski definition) is 5. The Morgan fingerprint density at radius 3 is 2.37 bits per heavy atom. The zero-order chi connectivity index (χ0) is 27.4. The number of rotatable bonds is 9. The molecule has 3 aromatic carbocycles. The van der Waals surface area contributed by atoms with E-state index in [0.717, 1.165) is 32.7 Å². The van der Waals surface area contributed by atoms with Crippen molar-refractivity contribution in [2.24, 2.45) is 5.14 Å². The zero-order valence-corrected chi connectivity index (χ0v) is 22.5. The molecular weight excluding hydrogens is 527 g/mol. The van der Waals surface area contributed by atoms with Crippen molar-refractivity contribution < 1.29 is 26.5 Å². The van der Waals surface area contributed by atoms with Gasteiger partial charge in [-0.2, -0.15) is 0 Å². The maximum Gasteiger partial charge on any atom is 0.238 e.